The van der Waals surface area contributed by atoms with E-state index in [-0.39, 0.29) is 10.9 Å². The van der Waals surface area contributed by atoms with Gasteiger partial charge in [-0.1, -0.05) is 29.9 Å². The Morgan fingerprint density at radius 1 is 1.45 bits per heavy atom. The molecule has 1 aromatic heterocycles. The molecule has 0 radical (unpaired) electrons. The van der Waals surface area contributed by atoms with Crippen molar-refractivity contribution < 1.29 is 4.79 Å². The van der Waals surface area contributed by atoms with E-state index in [2.05, 4.69) is 10.3 Å². The monoisotopic (exact) mass is 325 g/mol. The maximum absolute atomic E-state index is 12.2. The summed E-state index contributed by atoms with van der Waals surface area (Å²) in [5.41, 5.74) is 7.40. The zero-order chi connectivity index (χ0) is 14.9. The van der Waals surface area contributed by atoms with Crippen LogP contribution in [-0.2, 0) is 0 Å². The van der Waals surface area contributed by atoms with E-state index in [9.17, 15) is 4.79 Å². The van der Waals surface area contributed by atoms with Gasteiger partial charge in [0.05, 0.1) is 21.4 Å². The Kier molecular flexibility index (Phi) is 4.37. The fourth-order valence-electron chi connectivity index (χ4n) is 1.70. The molecule has 1 amide bonds. The van der Waals surface area contributed by atoms with Crippen LogP contribution in [0.15, 0.2) is 18.2 Å². The topological polar surface area (TPSA) is 68.0 Å². The minimum atomic E-state index is -0.241. The summed E-state index contributed by atoms with van der Waals surface area (Å²) in [7, 11) is 0. The number of nitrogens with one attached hydrogen (secondary N) is 1. The van der Waals surface area contributed by atoms with Gasteiger partial charge in [-0.05, 0) is 26.0 Å². The molecule has 0 aliphatic carbocycles. The molecule has 2 rings (SSSR count). The fraction of sp³-hybridized carbons (Fsp3) is 0.154. The van der Waals surface area contributed by atoms with Crippen molar-refractivity contribution in [2.45, 2.75) is 13.8 Å². The lowest BCUT2D eigenvalue weighted by Gasteiger charge is -2.08. The van der Waals surface area contributed by atoms with Crippen molar-refractivity contribution >= 4 is 51.7 Å². The van der Waals surface area contributed by atoms with Gasteiger partial charge in [0.15, 0.2) is 0 Å². The normalized spacial score (nSPS) is 10.3. The number of halogens is 1. The first-order chi connectivity index (χ1) is 9.38. The van der Waals surface area contributed by atoms with Crippen molar-refractivity contribution in [2.75, 3.05) is 5.32 Å². The number of amides is 1. The molecule has 0 aliphatic heterocycles. The lowest BCUT2D eigenvalue weighted by Crippen LogP contribution is -2.14. The van der Waals surface area contributed by atoms with Crippen LogP contribution in [0.5, 0.6) is 0 Å². The summed E-state index contributed by atoms with van der Waals surface area (Å²) in [6.45, 7) is 3.65. The number of hydrogen-bond donors (Lipinski definition) is 2. The van der Waals surface area contributed by atoms with Gasteiger partial charge in [0, 0.05) is 5.56 Å². The number of aryl methyl sites for hydroxylation is 2. The summed E-state index contributed by atoms with van der Waals surface area (Å²) in [5.74, 6) is -0.241. The fourth-order valence-corrected chi connectivity index (χ4v) is 2.80. The molecular formula is C13H12ClN3OS2. The van der Waals surface area contributed by atoms with Gasteiger partial charge in [-0.25, -0.2) is 4.98 Å². The van der Waals surface area contributed by atoms with Crippen molar-refractivity contribution in [3.63, 3.8) is 0 Å². The molecule has 0 aliphatic rings. The first-order valence-corrected chi connectivity index (χ1v) is 7.33. The van der Waals surface area contributed by atoms with Crippen LogP contribution in [0.25, 0.3) is 0 Å². The zero-order valence-corrected chi connectivity index (χ0v) is 13.2. The van der Waals surface area contributed by atoms with Gasteiger partial charge in [0.2, 0.25) is 0 Å². The molecule has 0 spiro atoms. The summed E-state index contributed by atoms with van der Waals surface area (Å²) in [6, 6.07) is 5.02. The van der Waals surface area contributed by atoms with Gasteiger partial charge in [0.25, 0.3) is 5.91 Å². The molecule has 2 aromatic rings. The highest BCUT2D eigenvalue weighted by Crippen LogP contribution is 2.25. The highest BCUT2D eigenvalue weighted by molar-refractivity contribution is 7.80. The van der Waals surface area contributed by atoms with E-state index >= 15 is 0 Å². The van der Waals surface area contributed by atoms with Crippen LogP contribution in [0.1, 0.15) is 25.9 Å². The van der Waals surface area contributed by atoms with Crippen LogP contribution in [0, 0.1) is 13.8 Å². The third-order valence-electron chi connectivity index (χ3n) is 2.61. The van der Waals surface area contributed by atoms with Crippen molar-refractivity contribution in [3.8, 4) is 0 Å². The molecule has 1 heterocycles. The number of nitrogens with zero attached hydrogens (tertiary/aromatic N) is 1. The number of carbonyl (C=O) groups is 1. The van der Waals surface area contributed by atoms with Crippen LogP contribution >= 0.6 is 35.2 Å². The first kappa shape index (κ1) is 14.9. The van der Waals surface area contributed by atoms with Crippen LogP contribution < -0.4 is 11.1 Å². The Morgan fingerprint density at radius 3 is 2.70 bits per heavy atom. The number of thiazole rings is 1. The highest BCUT2D eigenvalue weighted by atomic mass is 35.5. The number of benzene rings is 1. The quantitative estimate of drug-likeness (QED) is 0.850. The van der Waals surface area contributed by atoms with Crippen molar-refractivity contribution in [2.24, 2.45) is 5.73 Å². The molecule has 0 bridgehead atoms. The van der Waals surface area contributed by atoms with Crippen molar-refractivity contribution in [1.29, 1.82) is 0 Å². The molecular weight excluding hydrogens is 314 g/mol. The van der Waals surface area contributed by atoms with E-state index in [4.69, 9.17) is 29.6 Å². The summed E-state index contributed by atoms with van der Waals surface area (Å²) >= 11 is 12.3. The van der Waals surface area contributed by atoms with E-state index in [1.54, 1.807) is 25.1 Å². The maximum atomic E-state index is 12.2. The first-order valence-electron chi connectivity index (χ1n) is 5.73. The van der Waals surface area contributed by atoms with Gasteiger partial charge < -0.3 is 11.1 Å². The van der Waals surface area contributed by atoms with Crippen molar-refractivity contribution in [3.05, 3.63) is 44.4 Å². The Labute approximate surface area is 131 Å². The largest absolute Gasteiger partial charge is 0.389 e. The summed E-state index contributed by atoms with van der Waals surface area (Å²) in [5, 5.41) is 4.03. The van der Waals surface area contributed by atoms with Gasteiger partial charge in [-0.3, -0.25) is 4.79 Å². The zero-order valence-electron chi connectivity index (χ0n) is 10.9. The second kappa shape index (κ2) is 5.87. The molecule has 0 saturated heterocycles. The summed E-state index contributed by atoms with van der Waals surface area (Å²) in [6.07, 6.45) is 0. The number of anilines is 1. The summed E-state index contributed by atoms with van der Waals surface area (Å²) < 4.78 is 0. The second-order valence-corrected chi connectivity index (χ2v) is 6.21. The number of carbonyl (C=O) groups excluding carboxylic acids is 1. The van der Waals surface area contributed by atoms with Crippen molar-refractivity contribution in [1.82, 2.24) is 4.98 Å². The Morgan fingerprint density at radius 2 is 2.15 bits per heavy atom. The molecule has 4 nitrogen and oxygen atoms in total. The Balaban J connectivity index is 2.30. The molecule has 0 saturated carbocycles. The van der Waals surface area contributed by atoms with Gasteiger partial charge in [0.1, 0.15) is 9.87 Å². The molecule has 0 fully saturated rings. The number of hydrogen-bond acceptors (Lipinski definition) is 4. The van der Waals surface area contributed by atoms with Crippen LogP contribution in [-0.4, -0.2) is 15.9 Å². The molecule has 0 unspecified atom stereocenters. The van der Waals surface area contributed by atoms with Gasteiger partial charge in [-0.15, -0.1) is 11.3 Å². The third kappa shape index (κ3) is 3.15. The van der Waals surface area contributed by atoms with Gasteiger partial charge >= 0.3 is 0 Å². The Bertz CT molecular complexity index is 697. The SMILES string of the molecule is Cc1nc(C)c(C(=O)Nc2cc(C(N)=S)ccc2Cl)s1. The van der Waals surface area contributed by atoms with E-state index < -0.39 is 0 Å². The molecule has 0 atom stereocenters. The number of nitrogens with two attached hydrogens (primary N) is 1. The van der Waals surface area contributed by atoms with Crippen LogP contribution in [0.4, 0.5) is 5.69 Å². The van der Waals surface area contributed by atoms with Gasteiger partial charge in [-0.2, -0.15) is 0 Å². The lowest BCUT2D eigenvalue weighted by molar-refractivity contribution is 0.103. The average molecular weight is 326 g/mol. The van der Waals surface area contributed by atoms with E-state index in [1.807, 2.05) is 6.92 Å². The molecule has 20 heavy (non-hydrogen) atoms. The lowest BCUT2D eigenvalue weighted by atomic mass is 10.2. The summed E-state index contributed by atoms with van der Waals surface area (Å²) in [4.78, 5) is 17.3. The standard InChI is InChI=1S/C13H12ClN3OS2/c1-6-11(20-7(2)16-6)13(18)17-10-5-8(12(15)19)3-4-9(10)14/h3-5H,1-2H3,(H2,15,19)(H,17,18). The van der Waals surface area contributed by atoms with Crippen LogP contribution in [0.3, 0.4) is 0 Å². The number of rotatable bonds is 3. The minimum absolute atomic E-state index is 0.241. The molecule has 1 aromatic carbocycles. The van der Waals surface area contributed by atoms with E-state index in [0.717, 1.165) is 5.01 Å². The molecule has 3 N–H and O–H groups in total. The predicted molar refractivity (Wildman–Crippen MR) is 86.9 cm³/mol. The smallest absolute Gasteiger partial charge is 0.267 e. The second-order valence-electron chi connectivity index (χ2n) is 4.16. The molecule has 104 valence electrons. The number of thiocarbonyl (C=S) groups is 1. The van der Waals surface area contributed by atoms with Crippen LogP contribution in [0.2, 0.25) is 5.02 Å². The number of aromatic nitrogens is 1. The predicted octanol–water partition coefficient (Wildman–Crippen LogP) is 3.30. The Hall–Kier alpha value is -1.50. The third-order valence-corrected chi connectivity index (χ3v) is 4.25. The van der Waals surface area contributed by atoms with E-state index in [1.165, 1.54) is 11.3 Å². The average Bonchev–Trinajstić information content (AvgIpc) is 2.71. The van der Waals surface area contributed by atoms with E-state index in [0.29, 0.717) is 26.8 Å². The minimum Gasteiger partial charge on any atom is -0.389 e. The maximum Gasteiger partial charge on any atom is 0.267 e. The highest BCUT2D eigenvalue weighted by Gasteiger charge is 2.15. The molecule has 7 heteroatoms.